The number of H-pyrrole nitrogens is 1. The Labute approximate surface area is 155 Å². The van der Waals surface area contributed by atoms with E-state index in [4.69, 9.17) is 16.3 Å². The van der Waals surface area contributed by atoms with Crippen LogP contribution in [0.25, 0.3) is 17.0 Å². The van der Waals surface area contributed by atoms with Gasteiger partial charge in [0, 0.05) is 29.5 Å². The van der Waals surface area contributed by atoms with Crippen LogP contribution >= 0.6 is 11.6 Å². The first kappa shape index (κ1) is 17.2. The number of ether oxygens (including phenoxy) is 2. The molecule has 0 spiro atoms. The van der Waals surface area contributed by atoms with Crippen LogP contribution in [-0.2, 0) is 0 Å². The Balaban J connectivity index is 1.78. The number of nitrogens with zero attached hydrogens (tertiary/aromatic N) is 3. The second kappa shape index (κ2) is 6.51. The average molecular weight is 395 g/mol. The normalized spacial score (nSPS) is 11.7. The monoisotopic (exact) mass is 394 g/mol. The van der Waals surface area contributed by atoms with Gasteiger partial charge in [0.2, 0.25) is 5.95 Å². The lowest BCUT2D eigenvalue weighted by atomic mass is 10.2. The van der Waals surface area contributed by atoms with Gasteiger partial charge < -0.3 is 14.5 Å². The molecule has 2 aromatic heterocycles. The summed E-state index contributed by atoms with van der Waals surface area (Å²) in [4.78, 5) is 7.20. The van der Waals surface area contributed by atoms with Gasteiger partial charge in [0.15, 0.2) is 11.5 Å². The van der Waals surface area contributed by atoms with E-state index in [1.807, 2.05) is 0 Å². The summed E-state index contributed by atoms with van der Waals surface area (Å²) in [7, 11) is 0. The molecule has 0 saturated carbocycles. The van der Waals surface area contributed by atoms with Crippen molar-refractivity contribution in [3.05, 3.63) is 59.9 Å². The molecule has 0 aliphatic heterocycles. The van der Waals surface area contributed by atoms with E-state index >= 15 is 0 Å². The van der Waals surface area contributed by atoms with Gasteiger partial charge in [-0.15, -0.1) is 13.2 Å². The van der Waals surface area contributed by atoms with Crippen LogP contribution < -0.4 is 9.47 Å². The van der Waals surface area contributed by atoms with Crippen LogP contribution in [0.5, 0.6) is 17.2 Å². The third-order valence-electron chi connectivity index (χ3n) is 3.52. The van der Waals surface area contributed by atoms with Crippen molar-refractivity contribution in [1.82, 2.24) is 19.7 Å². The van der Waals surface area contributed by atoms with Gasteiger partial charge in [0.1, 0.15) is 5.75 Å². The minimum atomic E-state index is -4.88. The van der Waals surface area contributed by atoms with Crippen LogP contribution in [0.1, 0.15) is 0 Å². The van der Waals surface area contributed by atoms with E-state index in [1.165, 1.54) is 22.9 Å². The maximum absolute atomic E-state index is 12.8. The Morgan fingerprint density at radius 3 is 2.52 bits per heavy atom. The molecule has 10 heteroatoms. The largest absolute Gasteiger partial charge is 0.573 e. The van der Waals surface area contributed by atoms with Crippen molar-refractivity contribution in [2.45, 2.75) is 6.36 Å². The molecule has 1 N–H and O–H groups in total. The summed E-state index contributed by atoms with van der Waals surface area (Å²) in [5, 5.41) is 4.50. The van der Waals surface area contributed by atoms with E-state index in [0.717, 1.165) is 6.07 Å². The predicted molar refractivity (Wildman–Crippen MR) is 91.4 cm³/mol. The lowest BCUT2D eigenvalue weighted by Gasteiger charge is -2.14. The number of alkyl halides is 3. The summed E-state index contributed by atoms with van der Waals surface area (Å²) in [6.45, 7) is 0. The highest BCUT2D eigenvalue weighted by molar-refractivity contribution is 6.30. The number of aromatic nitrogens is 4. The summed E-state index contributed by atoms with van der Waals surface area (Å²) in [6.07, 6.45) is -1.68. The summed E-state index contributed by atoms with van der Waals surface area (Å²) in [6, 6.07) is 10.4. The van der Waals surface area contributed by atoms with Crippen molar-refractivity contribution in [3.63, 3.8) is 0 Å². The van der Waals surface area contributed by atoms with Gasteiger partial charge in [-0.2, -0.15) is 5.10 Å². The first-order valence-corrected chi connectivity index (χ1v) is 7.98. The second-order valence-corrected chi connectivity index (χ2v) is 5.87. The van der Waals surface area contributed by atoms with Crippen LogP contribution in [0.3, 0.4) is 0 Å². The molecule has 0 radical (unpaired) electrons. The Morgan fingerprint density at radius 1 is 1.07 bits per heavy atom. The summed E-state index contributed by atoms with van der Waals surface area (Å²) in [5.74, 6) is 0.00969. The zero-order valence-electron chi connectivity index (χ0n) is 13.4. The molecule has 27 heavy (non-hydrogen) atoms. The molecule has 0 amide bonds. The molecule has 0 fully saturated rings. The van der Waals surface area contributed by atoms with Crippen LogP contribution in [0.4, 0.5) is 13.2 Å². The predicted octanol–water partition coefficient (Wildman–Crippen LogP) is 5.09. The average Bonchev–Trinajstić information content (AvgIpc) is 3.24. The van der Waals surface area contributed by atoms with Gasteiger partial charge in [-0.05, 0) is 30.3 Å². The van der Waals surface area contributed by atoms with E-state index < -0.39 is 12.1 Å². The molecular formula is C17H10ClF3N4O2. The molecule has 0 aliphatic rings. The van der Waals surface area contributed by atoms with Crippen molar-refractivity contribution in [2.75, 3.05) is 0 Å². The van der Waals surface area contributed by atoms with Crippen LogP contribution in [0.15, 0.2) is 54.9 Å². The Bertz CT molecular complexity index is 1080. The van der Waals surface area contributed by atoms with Gasteiger partial charge in [-0.25, -0.2) is 9.67 Å². The molecule has 0 bridgehead atoms. The Morgan fingerprint density at radius 2 is 1.85 bits per heavy atom. The zero-order valence-corrected chi connectivity index (χ0v) is 14.1. The van der Waals surface area contributed by atoms with E-state index in [9.17, 15) is 13.2 Å². The van der Waals surface area contributed by atoms with E-state index in [2.05, 4.69) is 19.8 Å². The molecule has 2 heterocycles. The number of imidazole rings is 1. The van der Waals surface area contributed by atoms with Crippen LogP contribution in [-0.4, -0.2) is 26.1 Å². The van der Waals surface area contributed by atoms with E-state index in [-0.39, 0.29) is 11.3 Å². The van der Waals surface area contributed by atoms with Crippen molar-refractivity contribution < 1.29 is 22.6 Å². The molecule has 0 atom stereocenters. The molecule has 2 aromatic carbocycles. The summed E-state index contributed by atoms with van der Waals surface area (Å²) >= 11 is 5.81. The van der Waals surface area contributed by atoms with Gasteiger partial charge in [-0.1, -0.05) is 11.6 Å². The fourth-order valence-electron chi connectivity index (χ4n) is 2.42. The first-order valence-electron chi connectivity index (χ1n) is 7.60. The van der Waals surface area contributed by atoms with Crippen LogP contribution in [0.2, 0.25) is 5.02 Å². The molecule has 6 nitrogen and oxygen atoms in total. The zero-order chi connectivity index (χ0) is 19.0. The van der Waals surface area contributed by atoms with Crippen LogP contribution in [0, 0.1) is 0 Å². The molecule has 4 rings (SSSR count). The summed E-state index contributed by atoms with van der Waals surface area (Å²) < 4.78 is 49.5. The lowest BCUT2D eigenvalue weighted by molar-refractivity contribution is -0.275. The number of rotatable bonds is 4. The van der Waals surface area contributed by atoms with Crippen molar-refractivity contribution in [1.29, 1.82) is 0 Å². The number of halogens is 4. The number of fused-ring (bicyclic) bond motifs is 1. The summed E-state index contributed by atoms with van der Waals surface area (Å²) in [5.41, 5.74) is 0.724. The number of hydrogen-bond acceptors (Lipinski definition) is 4. The minimum Gasteiger partial charge on any atom is -0.453 e. The maximum atomic E-state index is 12.8. The standard InChI is InChI=1S/C17H10ClF3N4O2/c18-10-2-4-11(5-3-10)26-14-8-12-13(9-15(14)27-17(19,20)21)24-16(23-12)25-7-1-6-22-25/h1-9H,(H,23,24). The van der Waals surface area contributed by atoms with Crippen molar-refractivity contribution >= 4 is 22.6 Å². The second-order valence-electron chi connectivity index (χ2n) is 5.43. The van der Waals surface area contributed by atoms with Gasteiger partial charge in [0.25, 0.3) is 0 Å². The quantitative estimate of drug-likeness (QED) is 0.523. The molecule has 0 saturated heterocycles. The maximum Gasteiger partial charge on any atom is 0.573 e. The topological polar surface area (TPSA) is 65.0 Å². The van der Waals surface area contributed by atoms with Gasteiger partial charge in [-0.3, -0.25) is 0 Å². The highest BCUT2D eigenvalue weighted by Gasteiger charge is 2.33. The minimum absolute atomic E-state index is 0.127. The van der Waals surface area contributed by atoms with Gasteiger partial charge in [0.05, 0.1) is 11.0 Å². The number of aromatic amines is 1. The molecule has 0 unspecified atom stereocenters. The molecular weight excluding hydrogens is 385 g/mol. The van der Waals surface area contributed by atoms with E-state index in [0.29, 0.717) is 22.2 Å². The SMILES string of the molecule is FC(F)(F)Oc1cc2nc(-n3cccn3)[nH]c2cc1Oc1ccc(Cl)cc1. The van der Waals surface area contributed by atoms with E-state index in [1.54, 1.807) is 30.6 Å². The highest BCUT2D eigenvalue weighted by Crippen LogP contribution is 2.38. The van der Waals surface area contributed by atoms with Gasteiger partial charge >= 0.3 is 6.36 Å². The smallest absolute Gasteiger partial charge is 0.453 e. The fraction of sp³-hybridized carbons (Fsp3) is 0.0588. The first-order chi connectivity index (χ1) is 12.9. The molecule has 4 aromatic rings. The number of nitrogens with one attached hydrogen (secondary N) is 1. The van der Waals surface area contributed by atoms with Crippen molar-refractivity contribution in [3.8, 4) is 23.2 Å². The number of benzene rings is 2. The lowest BCUT2D eigenvalue weighted by Crippen LogP contribution is -2.17. The number of hydrogen-bond donors (Lipinski definition) is 1. The Hall–Kier alpha value is -3.20. The fourth-order valence-corrected chi connectivity index (χ4v) is 2.55. The third kappa shape index (κ3) is 3.82. The molecule has 138 valence electrons. The molecule has 0 aliphatic carbocycles. The highest BCUT2D eigenvalue weighted by atomic mass is 35.5. The Kier molecular flexibility index (Phi) is 4.15. The third-order valence-corrected chi connectivity index (χ3v) is 3.78. The van der Waals surface area contributed by atoms with Crippen molar-refractivity contribution in [2.24, 2.45) is 0 Å².